The summed E-state index contributed by atoms with van der Waals surface area (Å²) in [6, 6.07) is 0. The molecule has 1 aliphatic rings. The molecule has 1 rings (SSSR count). The third-order valence-corrected chi connectivity index (χ3v) is 5.73. The predicted molar refractivity (Wildman–Crippen MR) is 124 cm³/mol. The number of rotatable bonds is 11. The van der Waals surface area contributed by atoms with Crippen molar-refractivity contribution in [1.82, 2.24) is 0 Å². The van der Waals surface area contributed by atoms with Gasteiger partial charge in [0.15, 0.2) is 6.10 Å². The van der Waals surface area contributed by atoms with Crippen molar-refractivity contribution in [3.05, 3.63) is 46.5 Å². The Morgan fingerprint density at radius 3 is 2.00 bits per heavy atom. The van der Waals surface area contributed by atoms with Crippen LogP contribution in [0.3, 0.4) is 0 Å². The van der Waals surface area contributed by atoms with Gasteiger partial charge in [-0.3, -0.25) is 9.59 Å². The molecule has 3 atom stereocenters. The summed E-state index contributed by atoms with van der Waals surface area (Å²) in [4.78, 5) is 24.5. The van der Waals surface area contributed by atoms with E-state index in [1.54, 1.807) is 0 Å². The van der Waals surface area contributed by atoms with Crippen molar-refractivity contribution in [2.75, 3.05) is 14.2 Å². The second-order valence-corrected chi connectivity index (χ2v) is 8.64. The van der Waals surface area contributed by atoms with Crippen molar-refractivity contribution < 1.29 is 23.8 Å². The van der Waals surface area contributed by atoms with Crippen molar-refractivity contribution in [3.8, 4) is 0 Å². The molecular weight excluding hydrogens is 392 g/mol. The van der Waals surface area contributed by atoms with Crippen molar-refractivity contribution in [2.45, 2.75) is 79.8 Å². The molecule has 5 heteroatoms. The second kappa shape index (κ2) is 13.2. The van der Waals surface area contributed by atoms with Crippen LogP contribution in [-0.2, 0) is 23.8 Å². The maximum absolute atomic E-state index is 12.9. The maximum Gasteiger partial charge on any atom is 0.303 e. The molecule has 0 N–H and O–H groups in total. The lowest BCUT2D eigenvalue weighted by molar-refractivity contribution is -0.159. The van der Waals surface area contributed by atoms with E-state index in [0.717, 1.165) is 25.7 Å². The van der Waals surface area contributed by atoms with Gasteiger partial charge in [0.2, 0.25) is 11.5 Å². The fourth-order valence-corrected chi connectivity index (χ4v) is 3.91. The number of ether oxygens (including phenoxy) is 3. The Labute approximate surface area is 188 Å². The Balaban J connectivity index is 2.83. The largest absolute Gasteiger partial charge is 0.497 e. The lowest BCUT2D eigenvalue weighted by atomic mass is 9.77. The van der Waals surface area contributed by atoms with Crippen LogP contribution < -0.4 is 0 Å². The number of hydrogen-bond donors (Lipinski definition) is 0. The number of Topliss-reactive ketones (excluding diaryl/α,β-unsaturated/α-hetero) is 1. The van der Waals surface area contributed by atoms with Gasteiger partial charge in [-0.05, 0) is 59.8 Å². The smallest absolute Gasteiger partial charge is 0.303 e. The van der Waals surface area contributed by atoms with Gasteiger partial charge in [-0.1, -0.05) is 41.9 Å². The van der Waals surface area contributed by atoms with E-state index < -0.39 is 12.1 Å². The minimum absolute atomic E-state index is 0.108. The Kier molecular flexibility index (Phi) is 11.4. The summed E-state index contributed by atoms with van der Waals surface area (Å²) in [5.74, 6) is -0.446. The average molecular weight is 433 g/mol. The lowest BCUT2D eigenvalue weighted by Crippen LogP contribution is -2.43. The zero-order valence-corrected chi connectivity index (χ0v) is 20.5. The first-order valence-corrected chi connectivity index (χ1v) is 11.1. The molecule has 0 radical (unpaired) electrons. The van der Waals surface area contributed by atoms with E-state index in [1.165, 1.54) is 37.9 Å². The predicted octanol–water partition coefficient (Wildman–Crippen LogP) is 6.07. The summed E-state index contributed by atoms with van der Waals surface area (Å²) in [6.07, 6.45) is 10.6. The SMILES string of the molecule is COC1=C(OC)C(C)C(C/C=C(\C)CC/C=C(\C)CCC=C(C)C)C(OC(C)=O)C1=O. The molecule has 174 valence electrons. The molecule has 0 fully saturated rings. The Morgan fingerprint density at radius 1 is 0.903 bits per heavy atom. The molecule has 0 aromatic rings. The molecule has 0 saturated carbocycles. The van der Waals surface area contributed by atoms with Gasteiger partial charge in [0.25, 0.3) is 0 Å². The molecule has 0 bridgehead atoms. The highest BCUT2D eigenvalue weighted by Gasteiger charge is 2.45. The first-order valence-electron chi connectivity index (χ1n) is 11.1. The quantitative estimate of drug-likeness (QED) is 0.293. The number of methoxy groups -OCH3 is 2. The van der Waals surface area contributed by atoms with Gasteiger partial charge in [-0.25, -0.2) is 0 Å². The standard InChI is InChI=1S/C26H40O5/c1-17(2)11-9-12-18(3)13-10-14-19(4)15-16-22-20(5)24(29-7)26(30-8)23(28)25(22)31-21(6)27/h11,13,15,20,22,25H,9-10,12,14,16H2,1-8H3/b18-13+,19-15+. The monoisotopic (exact) mass is 432 g/mol. The van der Waals surface area contributed by atoms with Crippen LogP contribution in [0.1, 0.15) is 73.6 Å². The van der Waals surface area contributed by atoms with E-state index >= 15 is 0 Å². The highest BCUT2D eigenvalue weighted by atomic mass is 16.6. The molecular formula is C26H40O5. The van der Waals surface area contributed by atoms with Gasteiger partial charge < -0.3 is 14.2 Å². The van der Waals surface area contributed by atoms with E-state index in [2.05, 4.69) is 45.9 Å². The third kappa shape index (κ3) is 8.39. The van der Waals surface area contributed by atoms with Crippen LogP contribution >= 0.6 is 0 Å². The fourth-order valence-electron chi connectivity index (χ4n) is 3.91. The number of carbonyl (C=O) groups excluding carboxylic acids is 2. The second-order valence-electron chi connectivity index (χ2n) is 8.64. The number of allylic oxidation sites excluding steroid dienone is 7. The molecule has 0 saturated heterocycles. The summed E-state index contributed by atoms with van der Waals surface area (Å²) >= 11 is 0. The lowest BCUT2D eigenvalue weighted by Gasteiger charge is -2.35. The van der Waals surface area contributed by atoms with Crippen LogP contribution in [-0.4, -0.2) is 32.1 Å². The van der Waals surface area contributed by atoms with Crippen LogP contribution in [0, 0.1) is 11.8 Å². The minimum Gasteiger partial charge on any atom is -0.497 e. The zero-order valence-electron chi connectivity index (χ0n) is 20.5. The summed E-state index contributed by atoms with van der Waals surface area (Å²) in [6.45, 7) is 11.8. The molecule has 1 aliphatic carbocycles. The van der Waals surface area contributed by atoms with Crippen molar-refractivity contribution >= 4 is 11.8 Å². The van der Waals surface area contributed by atoms with Crippen LogP contribution in [0.5, 0.6) is 0 Å². The molecule has 0 spiro atoms. The van der Waals surface area contributed by atoms with Gasteiger partial charge in [0.05, 0.1) is 14.2 Å². The molecule has 31 heavy (non-hydrogen) atoms. The summed E-state index contributed by atoms with van der Waals surface area (Å²) < 4.78 is 16.1. The Bertz CT molecular complexity index is 750. The van der Waals surface area contributed by atoms with E-state index in [-0.39, 0.29) is 23.4 Å². The van der Waals surface area contributed by atoms with Crippen LogP contribution in [0.4, 0.5) is 0 Å². The van der Waals surface area contributed by atoms with Gasteiger partial charge in [0, 0.05) is 18.8 Å². The number of hydrogen-bond acceptors (Lipinski definition) is 5. The van der Waals surface area contributed by atoms with Gasteiger partial charge in [-0.15, -0.1) is 0 Å². The zero-order chi connectivity index (χ0) is 23.6. The molecule has 5 nitrogen and oxygen atoms in total. The highest BCUT2D eigenvalue weighted by Crippen LogP contribution is 2.37. The van der Waals surface area contributed by atoms with E-state index in [4.69, 9.17) is 14.2 Å². The number of esters is 1. The summed E-state index contributed by atoms with van der Waals surface area (Å²) in [5, 5.41) is 0. The van der Waals surface area contributed by atoms with Gasteiger partial charge >= 0.3 is 5.97 Å². The van der Waals surface area contributed by atoms with Crippen molar-refractivity contribution in [1.29, 1.82) is 0 Å². The number of ketones is 1. The molecule has 0 aromatic carbocycles. The van der Waals surface area contributed by atoms with Crippen molar-refractivity contribution in [2.24, 2.45) is 11.8 Å². The normalized spacial score (nSPS) is 22.3. The van der Waals surface area contributed by atoms with Gasteiger partial charge in [0.1, 0.15) is 5.76 Å². The molecule has 0 aliphatic heterocycles. The minimum atomic E-state index is -0.859. The van der Waals surface area contributed by atoms with Crippen molar-refractivity contribution in [3.63, 3.8) is 0 Å². The molecule has 3 unspecified atom stereocenters. The van der Waals surface area contributed by atoms with Crippen LogP contribution in [0.2, 0.25) is 0 Å². The molecule has 0 aromatic heterocycles. The summed E-state index contributed by atoms with van der Waals surface area (Å²) in [7, 11) is 2.97. The van der Waals surface area contributed by atoms with E-state index in [9.17, 15) is 9.59 Å². The van der Waals surface area contributed by atoms with E-state index in [0.29, 0.717) is 12.2 Å². The average Bonchev–Trinajstić information content (AvgIpc) is 2.69. The Hall–Kier alpha value is -2.30. The number of carbonyl (C=O) groups is 2. The van der Waals surface area contributed by atoms with E-state index in [1.807, 2.05) is 6.92 Å². The first kappa shape index (κ1) is 26.7. The summed E-state index contributed by atoms with van der Waals surface area (Å²) in [5.41, 5.74) is 4.03. The topological polar surface area (TPSA) is 61.8 Å². The first-order chi connectivity index (χ1) is 14.6. The van der Waals surface area contributed by atoms with Crippen LogP contribution in [0.25, 0.3) is 0 Å². The molecule has 0 heterocycles. The Morgan fingerprint density at radius 2 is 1.48 bits per heavy atom. The maximum atomic E-state index is 12.9. The third-order valence-electron chi connectivity index (χ3n) is 5.73. The van der Waals surface area contributed by atoms with Gasteiger partial charge in [-0.2, -0.15) is 0 Å². The fraction of sp³-hybridized carbons (Fsp3) is 0.615. The van der Waals surface area contributed by atoms with Crippen LogP contribution in [0.15, 0.2) is 46.5 Å². The highest BCUT2D eigenvalue weighted by molar-refractivity contribution is 5.99. The molecule has 0 amide bonds.